The number of fused-ring (bicyclic) bond motifs is 1. The molecule has 0 saturated heterocycles. The second kappa shape index (κ2) is 8.80. The molecule has 1 saturated carbocycles. The number of hydrogen-bond acceptors (Lipinski definition) is 5. The number of nitrogens with zero attached hydrogens (tertiary/aromatic N) is 2. The van der Waals surface area contributed by atoms with Crippen molar-refractivity contribution in [1.82, 2.24) is 9.55 Å². The Morgan fingerprint density at radius 1 is 1.15 bits per heavy atom. The van der Waals surface area contributed by atoms with E-state index in [1.165, 1.54) is 28.7 Å². The van der Waals surface area contributed by atoms with Crippen LogP contribution < -0.4 is 10.9 Å². The van der Waals surface area contributed by atoms with Gasteiger partial charge in [-0.15, -0.1) is 11.3 Å². The Morgan fingerprint density at radius 2 is 1.85 bits per heavy atom. The van der Waals surface area contributed by atoms with E-state index in [0.29, 0.717) is 11.1 Å². The van der Waals surface area contributed by atoms with Crippen molar-refractivity contribution in [3.8, 4) is 5.69 Å². The predicted molar refractivity (Wildman–Crippen MR) is 137 cm³/mol. The summed E-state index contributed by atoms with van der Waals surface area (Å²) in [5.74, 6) is 0.523. The molecular weight excluding hydrogens is 450 g/mol. The summed E-state index contributed by atoms with van der Waals surface area (Å²) in [5.41, 5.74) is 5.93. The van der Waals surface area contributed by atoms with Crippen LogP contribution in [0.4, 0.5) is 5.69 Å². The molecule has 5 nitrogen and oxygen atoms in total. The Kier molecular flexibility index (Phi) is 5.85. The first-order chi connectivity index (χ1) is 15.9. The van der Waals surface area contributed by atoms with Crippen molar-refractivity contribution in [2.45, 2.75) is 44.7 Å². The number of anilines is 1. The molecule has 33 heavy (non-hydrogen) atoms. The fraction of sp³-hybridized carbons (Fsp3) is 0.269. The Morgan fingerprint density at radius 3 is 2.52 bits per heavy atom. The van der Waals surface area contributed by atoms with E-state index >= 15 is 0 Å². The van der Waals surface area contributed by atoms with Gasteiger partial charge in [0.2, 0.25) is 5.91 Å². The quantitative estimate of drug-likeness (QED) is 0.275. The molecule has 1 aliphatic carbocycles. The van der Waals surface area contributed by atoms with E-state index in [1.54, 1.807) is 4.57 Å². The van der Waals surface area contributed by atoms with Crippen LogP contribution in [-0.2, 0) is 4.79 Å². The van der Waals surface area contributed by atoms with Crippen molar-refractivity contribution in [3.05, 3.63) is 80.5 Å². The molecule has 168 valence electrons. The second-order valence-electron chi connectivity index (χ2n) is 8.63. The number of hydrogen-bond donors (Lipinski definition) is 1. The summed E-state index contributed by atoms with van der Waals surface area (Å²) >= 11 is 2.81. The number of benzene rings is 2. The fourth-order valence-electron chi connectivity index (χ4n) is 4.27. The van der Waals surface area contributed by atoms with Gasteiger partial charge in [-0.2, -0.15) is 0 Å². The van der Waals surface area contributed by atoms with Crippen LogP contribution in [0.3, 0.4) is 0 Å². The van der Waals surface area contributed by atoms with Gasteiger partial charge in [0.1, 0.15) is 4.83 Å². The van der Waals surface area contributed by atoms with Crippen molar-refractivity contribution < 1.29 is 4.79 Å². The minimum absolute atomic E-state index is 0.0533. The fourth-order valence-corrected chi connectivity index (χ4v) is 6.15. The highest BCUT2D eigenvalue weighted by Gasteiger charge is 2.29. The van der Waals surface area contributed by atoms with Crippen molar-refractivity contribution in [2.75, 3.05) is 11.1 Å². The van der Waals surface area contributed by atoms with Gasteiger partial charge in [0.05, 0.1) is 16.8 Å². The average Bonchev–Trinajstić information content (AvgIpc) is 3.54. The molecule has 0 atom stereocenters. The van der Waals surface area contributed by atoms with Gasteiger partial charge in [-0.25, -0.2) is 4.98 Å². The third-order valence-corrected chi connectivity index (χ3v) is 7.74. The zero-order valence-electron chi connectivity index (χ0n) is 18.8. The third-order valence-electron chi connectivity index (χ3n) is 5.91. The lowest BCUT2D eigenvalue weighted by Gasteiger charge is -2.14. The van der Waals surface area contributed by atoms with Gasteiger partial charge in [-0.05, 0) is 73.7 Å². The smallest absolute Gasteiger partial charge is 0.267 e. The SMILES string of the molecule is Cc1cc(C)c(NC(=O)CSc2nc3scc(C4CC4)c3c(=O)n2-c2ccccc2)c(C)c1. The molecule has 2 aromatic carbocycles. The monoisotopic (exact) mass is 475 g/mol. The van der Waals surface area contributed by atoms with Crippen LogP contribution in [0.15, 0.2) is 57.8 Å². The minimum Gasteiger partial charge on any atom is -0.325 e. The van der Waals surface area contributed by atoms with Gasteiger partial charge in [-0.3, -0.25) is 14.2 Å². The molecule has 0 aliphatic heterocycles. The minimum atomic E-state index is -0.117. The molecule has 1 N–H and O–H groups in total. The summed E-state index contributed by atoms with van der Waals surface area (Å²) in [7, 11) is 0. The van der Waals surface area contributed by atoms with E-state index in [0.717, 1.165) is 51.1 Å². The van der Waals surface area contributed by atoms with Gasteiger partial charge in [-0.1, -0.05) is 47.7 Å². The highest BCUT2D eigenvalue weighted by atomic mass is 32.2. The standard InChI is InChI=1S/C26H25N3O2S2/c1-15-11-16(2)23(17(3)12-15)27-21(30)14-33-26-28-24-22(20(13-32-24)18-9-10-18)25(31)29(26)19-7-5-4-6-8-19/h4-8,11-13,18H,9-10,14H2,1-3H3,(H,27,30). The number of para-hydroxylation sites is 1. The number of amides is 1. The molecule has 0 unspecified atom stereocenters. The first-order valence-electron chi connectivity index (χ1n) is 11.0. The van der Waals surface area contributed by atoms with E-state index in [2.05, 4.69) is 22.8 Å². The summed E-state index contributed by atoms with van der Waals surface area (Å²) in [6.07, 6.45) is 2.26. The normalized spacial score (nSPS) is 13.4. The lowest BCUT2D eigenvalue weighted by atomic mass is 10.1. The largest absolute Gasteiger partial charge is 0.325 e. The highest BCUT2D eigenvalue weighted by Crippen LogP contribution is 2.44. The van der Waals surface area contributed by atoms with Gasteiger partial charge in [0, 0.05) is 5.69 Å². The van der Waals surface area contributed by atoms with Crippen LogP contribution in [-0.4, -0.2) is 21.2 Å². The predicted octanol–water partition coefficient (Wildman–Crippen LogP) is 5.98. The molecule has 4 aromatic rings. The average molecular weight is 476 g/mol. The summed E-state index contributed by atoms with van der Waals surface area (Å²) in [6, 6.07) is 13.7. The number of rotatable bonds is 6. The molecular formula is C26H25N3O2S2. The summed E-state index contributed by atoms with van der Waals surface area (Å²) in [4.78, 5) is 32.1. The van der Waals surface area contributed by atoms with Gasteiger partial charge in [0.25, 0.3) is 5.56 Å². The molecule has 1 aliphatic rings. The van der Waals surface area contributed by atoms with Crippen LogP contribution in [0.25, 0.3) is 15.9 Å². The Balaban J connectivity index is 1.48. The van der Waals surface area contributed by atoms with E-state index in [9.17, 15) is 9.59 Å². The van der Waals surface area contributed by atoms with E-state index in [4.69, 9.17) is 4.98 Å². The van der Waals surface area contributed by atoms with Crippen molar-refractivity contribution in [2.24, 2.45) is 0 Å². The number of carbonyl (C=O) groups excluding carboxylic acids is 1. The topological polar surface area (TPSA) is 64.0 Å². The van der Waals surface area contributed by atoms with E-state index < -0.39 is 0 Å². The summed E-state index contributed by atoms with van der Waals surface area (Å²) in [6.45, 7) is 6.05. The molecule has 0 radical (unpaired) electrons. The van der Waals surface area contributed by atoms with Crippen LogP contribution in [0.5, 0.6) is 0 Å². The van der Waals surface area contributed by atoms with E-state index in [-0.39, 0.29) is 17.2 Å². The Bertz CT molecular complexity index is 1400. The third kappa shape index (κ3) is 4.35. The molecule has 5 rings (SSSR count). The van der Waals surface area contributed by atoms with Gasteiger partial charge >= 0.3 is 0 Å². The number of nitrogens with one attached hydrogen (secondary N) is 1. The molecule has 1 amide bonds. The highest BCUT2D eigenvalue weighted by molar-refractivity contribution is 7.99. The number of carbonyl (C=O) groups is 1. The molecule has 2 heterocycles. The zero-order valence-corrected chi connectivity index (χ0v) is 20.5. The molecule has 7 heteroatoms. The first-order valence-corrected chi connectivity index (χ1v) is 12.9. The second-order valence-corrected chi connectivity index (χ2v) is 10.4. The van der Waals surface area contributed by atoms with Crippen LogP contribution >= 0.6 is 23.1 Å². The van der Waals surface area contributed by atoms with Crippen molar-refractivity contribution in [3.63, 3.8) is 0 Å². The van der Waals surface area contributed by atoms with Gasteiger partial charge < -0.3 is 5.32 Å². The molecule has 0 spiro atoms. The van der Waals surface area contributed by atoms with Crippen molar-refractivity contribution >= 4 is 44.9 Å². The number of thiophene rings is 1. The first kappa shape index (κ1) is 21.9. The summed E-state index contributed by atoms with van der Waals surface area (Å²) in [5, 5.41) is 6.39. The summed E-state index contributed by atoms with van der Waals surface area (Å²) < 4.78 is 1.65. The van der Waals surface area contributed by atoms with E-state index in [1.807, 2.05) is 51.1 Å². The van der Waals surface area contributed by atoms with Crippen LogP contribution in [0.2, 0.25) is 0 Å². The zero-order chi connectivity index (χ0) is 23.1. The maximum atomic E-state index is 13.6. The molecule has 0 bridgehead atoms. The molecule has 2 aromatic heterocycles. The Hall–Kier alpha value is -2.90. The van der Waals surface area contributed by atoms with Gasteiger partial charge in [0.15, 0.2) is 5.16 Å². The van der Waals surface area contributed by atoms with Crippen molar-refractivity contribution in [1.29, 1.82) is 0 Å². The van der Waals surface area contributed by atoms with Crippen LogP contribution in [0, 0.1) is 20.8 Å². The maximum Gasteiger partial charge on any atom is 0.267 e. The maximum absolute atomic E-state index is 13.6. The Labute approximate surface area is 200 Å². The lowest BCUT2D eigenvalue weighted by molar-refractivity contribution is -0.113. The number of aryl methyl sites for hydroxylation is 3. The number of aromatic nitrogens is 2. The molecule has 1 fully saturated rings. The lowest BCUT2D eigenvalue weighted by Crippen LogP contribution is -2.23. The number of thioether (sulfide) groups is 1. The van der Waals surface area contributed by atoms with Crippen LogP contribution in [0.1, 0.15) is 41.0 Å².